The van der Waals surface area contributed by atoms with Gasteiger partial charge in [-0.3, -0.25) is 9.79 Å². The summed E-state index contributed by atoms with van der Waals surface area (Å²) in [6.45, 7) is 0. The summed E-state index contributed by atoms with van der Waals surface area (Å²) in [5.74, 6) is 0.0175. The molecule has 7 heteroatoms. The summed E-state index contributed by atoms with van der Waals surface area (Å²) < 4.78 is 15.3. The average Bonchev–Trinajstić information content (AvgIpc) is 2.02. The lowest BCUT2D eigenvalue weighted by Crippen LogP contribution is -1.92. The highest BCUT2D eigenvalue weighted by atomic mass is 31.2. The van der Waals surface area contributed by atoms with E-state index in [0.29, 0.717) is 10.4 Å². The third-order valence-corrected chi connectivity index (χ3v) is 1.87. The predicted octanol–water partition coefficient (Wildman–Crippen LogP) is 1.20. The summed E-state index contributed by atoms with van der Waals surface area (Å²) in [4.78, 5) is 27.7. The zero-order valence-electron chi connectivity index (χ0n) is 7.32. The normalized spacial score (nSPS) is 11.1. The SMILES string of the molecule is C[N+](=O)c1ccc(OP(=O)(O)O)cc1. The van der Waals surface area contributed by atoms with Gasteiger partial charge in [0.05, 0.1) is 0 Å². The van der Waals surface area contributed by atoms with Gasteiger partial charge in [0.25, 0.3) is 5.69 Å². The van der Waals surface area contributed by atoms with Crippen LogP contribution in [0, 0.1) is 4.91 Å². The van der Waals surface area contributed by atoms with Crippen molar-refractivity contribution in [3.63, 3.8) is 0 Å². The minimum atomic E-state index is -4.52. The van der Waals surface area contributed by atoms with Crippen LogP contribution in [0.3, 0.4) is 0 Å². The Hall–Kier alpha value is -1.23. The van der Waals surface area contributed by atoms with Crippen molar-refractivity contribution < 1.29 is 23.6 Å². The first-order valence-electron chi connectivity index (χ1n) is 3.64. The van der Waals surface area contributed by atoms with Crippen molar-refractivity contribution >= 4 is 13.5 Å². The van der Waals surface area contributed by atoms with Crippen molar-refractivity contribution in [1.29, 1.82) is 0 Å². The first-order chi connectivity index (χ1) is 6.38. The standard InChI is InChI=1S/C7H8NO5P/c1-8(9)6-2-4-7(5-3-6)13-14(10,11)12/h2-5H,1H3,(H-,10,11,12)/p+1. The lowest BCUT2D eigenvalue weighted by molar-refractivity contribution is -0.428. The highest BCUT2D eigenvalue weighted by Crippen LogP contribution is 2.37. The molecular weight excluding hydrogens is 209 g/mol. The lowest BCUT2D eigenvalue weighted by Gasteiger charge is -2.05. The molecule has 0 saturated carbocycles. The summed E-state index contributed by atoms with van der Waals surface area (Å²) in [7, 11) is -3.20. The fourth-order valence-corrected chi connectivity index (χ4v) is 1.25. The molecule has 1 aromatic carbocycles. The molecule has 0 aliphatic heterocycles. The lowest BCUT2D eigenvalue weighted by atomic mass is 10.3. The van der Waals surface area contributed by atoms with Gasteiger partial charge in [-0.05, 0) is 12.1 Å². The molecule has 0 saturated heterocycles. The van der Waals surface area contributed by atoms with Crippen molar-refractivity contribution in [2.45, 2.75) is 0 Å². The van der Waals surface area contributed by atoms with E-state index in [4.69, 9.17) is 9.79 Å². The zero-order chi connectivity index (χ0) is 10.8. The summed E-state index contributed by atoms with van der Waals surface area (Å²) >= 11 is 0. The molecule has 1 rings (SSSR count). The number of phosphoric ester groups is 1. The van der Waals surface area contributed by atoms with Gasteiger partial charge < -0.3 is 4.52 Å². The van der Waals surface area contributed by atoms with Gasteiger partial charge >= 0.3 is 7.82 Å². The van der Waals surface area contributed by atoms with Gasteiger partial charge in [0, 0.05) is 21.8 Å². The molecule has 6 nitrogen and oxygen atoms in total. The van der Waals surface area contributed by atoms with Crippen LogP contribution in [0.1, 0.15) is 0 Å². The number of nitrogens with zero attached hydrogens (tertiary/aromatic N) is 1. The van der Waals surface area contributed by atoms with E-state index in [-0.39, 0.29) is 5.75 Å². The first-order valence-corrected chi connectivity index (χ1v) is 5.17. The van der Waals surface area contributed by atoms with Crippen molar-refractivity contribution in [1.82, 2.24) is 0 Å². The fraction of sp³-hybridized carbons (Fsp3) is 0.143. The van der Waals surface area contributed by atoms with E-state index in [0.717, 1.165) is 0 Å². The van der Waals surface area contributed by atoms with E-state index in [2.05, 4.69) is 4.52 Å². The van der Waals surface area contributed by atoms with Gasteiger partial charge in [0.1, 0.15) is 5.75 Å². The second kappa shape index (κ2) is 3.88. The Bertz CT molecular complexity index is 382. The Kier molecular flexibility index (Phi) is 3.00. The van der Waals surface area contributed by atoms with Gasteiger partial charge in [-0.25, -0.2) is 4.57 Å². The van der Waals surface area contributed by atoms with Gasteiger partial charge in [0.2, 0.25) is 0 Å². The van der Waals surface area contributed by atoms with Crippen molar-refractivity contribution in [2.75, 3.05) is 7.05 Å². The Morgan fingerprint density at radius 2 is 1.79 bits per heavy atom. The molecule has 0 spiro atoms. The Morgan fingerprint density at radius 1 is 1.29 bits per heavy atom. The largest absolute Gasteiger partial charge is 0.524 e. The van der Waals surface area contributed by atoms with Crippen molar-refractivity contribution in [3.05, 3.63) is 29.2 Å². The van der Waals surface area contributed by atoms with E-state index in [9.17, 15) is 9.47 Å². The number of hydrogen-bond acceptors (Lipinski definition) is 3. The number of nitroso groups, excluding NO2 is 1. The molecule has 1 aromatic rings. The quantitative estimate of drug-likeness (QED) is 0.587. The molecule has 14 heavy (non-hydrogen) atoms. The van der Waals surface area contributed by atoms with E-state index < -0.39 is 7.82 Å². The summed E-state index contributed by atoms with van der Waals surface area (Å²) in [6.07, 6.45) is 0. The topological polar surface area (TPSA) is 86.8 Å². The summed E-state index contributed by atoms with van der Waals surface area (Å²) in [5.41, 5.74) is 0.378. The maximum atomic E-state index is 10.8. The number of phosphoric acid groups is 1. The van der Waals surface area contributed by atoms with Crippen molar-refractivity contribution in [2.24, 2.45) is 0 Å². The van der Waals surface area contributed by atoms with E-state index in [1.54, 1.807) is 0 Å². The minimum Gasteiger partial charge on any atom is -0.404 e. The molecule has 0 bridgehead atoms. The van der Waals surface area contributed by atoms with Gasteiger partial charge in [-0.15, -0.1) is 0 Å². The molecule has 0 atom stereocenters. The van der Waals surface area contributed by atoms with Gasteiger partial charge in [-0.1, -0.05) is 0 Å². The summed E-state index contributed by atoms with van der Waals surface area (Å²) in [6, 6.07) is 5.42. The number of hydrogen-bond donors (Lipinski definition) is 2. The van der Waals surface area contributed by atoms with E-state index in [1.807, 2.05) is 0 Å². The second-order valence-electron chi connectivity index (χ2n) is 2.57. The number of rotatable bonds is 3. The van der Waals surface area contributed by atoms with Crippen LogP contribution in [0.4, 0.5) is 5.69 Å². The monoisotopic (exact) mass is 218 g/mol. The molecule has 0 aliphatic carbocycles. The van der Waals surface area contributed by atoms with Crippen LogP contribution in [-0.4, -0.2) is 21.6 Å². The molecule has 0 aromatic heterocycles. The van der Waals surface area contributed by atoms with Crippen LogP contribution in [0.15, 0.2) is 24.3 Å². The Morgan fingerprint density at radius 3 is 2.14 bits per heavy atom. The molecule has 76 valence electrons. The third kappa shape index (κ3) is 3.26. The van der Waals surface area contributed by atoms with Crippen LogP contribution >= 0.6 is 7.82 Å². The molecule has 0 radical (unpaired) electrons. The highest BCUT2D eigenvalue weighted by molar-refractivity contribution is 7.46. The molecule has 0 fully saturated rings. The smallest absolute Gasteiger partial charge is 0.404 e. The van der Waals surface area contributed by atoms with E-state index >= 15 is 0 Å². The van der Waals surface area contributed by atoms with Crippen LogP contribution in [0.2, 0.25) is 0 Å². The minimum absolute atomic E-state index is 0.0175. The van der Waals surface area contributed by atoms with Gasteiger partial charge in [0.15, 0.2) is 7.05 Å². The zero-order valence-corrected chi connectivity index (χ0v) is 8.22. The fourth-order valence-electron chi connectivity index (χ4n) is 0.854. The van der Waals surface area contributed by atoms with Crippen LogP contribution in [0.25, 0.3) is 0 Å². The first kappa shape index (κ1) is 10.8. The number of benzene rings is 1. The summed E-state index contributed by atoms with van der Waals surface area (Å²) in [5, 5.41) is 0. The average molecular weight is 218 g/mol. The van der Waals surface area contributed by atoms with Crippen LogP contribution < -0.4 is 4.52 Å². The Balaban J connectivity index is 2.84. The highest BCUT2D eigenvalue weighted by Gasteiger charge is 2.16. The molecule has 0 heterocycles. The molecular formula is C7H9NO5P+. The predicted molar refractivity (Wildman–Crippen MR) is 48.3 cm³/mol. The van der Waals surface area contributed by atoms with Crippen LogP contribution in [-0.2, 0) is 4.57 Å². The third-order valence-electron chi connectivity index (χ3n) is 1.42. The van der Waals surface area contributed by atoms with Crippen LogP contribution in [0.5, 0.6) is 5.75 Å². The molecule has 0 unspecified atom stereocenters. The maximum Gasteiger partial charge on any atom is 0.524 e. The molecule has 0 aliphatic rings. The van der Waals surface area contributed by atoms with Gasteiger partial charge in [-0.2, -0.15) is 0 Å². The maximum absolute atomic E-state index is 10.8. The second-order valence-corrected chi connectivity index (χ2v) is 3.74. The molecule has 2 N–H and O–H groups in total. The van der Waals surface area contributed by atoms with E-state index in [1.165, 1.54) is 31.3 Å². The van der Waals surface area contributed by atoms with Crippen molar-refractivity contribution in [3.8, 4) is 5.75 Å². The Labute approximate surface area is 80.0 Å². The molecule has 0 amide bonds.